The second kappa shape index (κ2) is 7.08. The zero-order valence-electron chi connectivity index (χ0n) is 18.0. The van der Waals surface area contributed by atoms with Crippen LogP contribution in [-0.4, -0.2) is 40.5 Å². The molecule has 0 aromatic carbocycles. The number of rotatable bonds is 3. The van der Waals surface area contributed by atoms with Crippen molar-refractivity contribution in [3.8, 4) is 0 Å². The third-order valence-electron chi connectivity index (χ3n) is 8.91. The van der Waals surface area contributed by atoms with Crippen LogP contribution in [0.15, 0.2) is 11.6 Å². The second-order valence-corrected chi connectivity index (χ2v) is 10.1. The van der Waals surface area contributed by atoms with E-state index in [1.165, 1.54) is 0 Å². The molecule has 3 fully saturated rings. The Morgan fingerprint density at radius 3 is 2.53 bits per heavy atom. The quantitative estimate of drug-likeness (QED) is 0.407. The highest BCUT2D eigenvalue weighted by Crippen LogP contribution is 2.68. The van der Waals surface area contributed by atoms with E-state index in [9.17, 15) is 24.6 Å². The van der Waals surface area contributed by atoms with Crippen LogP contribution in [-0.2, 0) is 19.1 Å². The van der Waals surface area contributed by atoms with Crippen LogP contribution in [0.25, 0.3) is 0 Å². The van der Waals surface area contributed by atoms with Crippen LogP contribution in [0, 0.1) is 34.5 Å². The number of fused-ring (bicyclic) bond motifs is 5. The molecule has 0 aromatic rings. The fourth-order valence-corrected chi connectivity index (χ4v) is 7.28. The predicted octanol–water partition coefficient (Wildman–Crippen LogP) is 3.69. The molecule has 4 rings (SSSR count). The standard InChI is InChI=1S/C23H32O7/c1-4-29-20(27)30-23(28)10-8-17-14-6-5-13-11-18(24)15(19(25)26)12-21(13,2)16(14)7-9-22(17,23)3/h11,14-17,28H,4-10,12H2,1-3H3,(H,25,26)/t14-,15?,16-,17+,21+,22+,23?/m1/s1. The van der Waals surface area contributed by atoms with Crippen molar-refractivity contribution in [2.45, 2.75) is 71.5 Å². The Balaban J connectivity index is 1.62. The van der Waals surface area contributed by atoms with Crippen molar-refractivity contribution in [1.82, 2.24) is 0 Å². The van der Waals surface area contributed by atoms with Gasteiger partial charge in [0.1, 0.15) is 5.92 Å². The fourth-order valence-electron chi connectivity index (χ4n) is 7.28. The minimum Gasteiger partial charge on any atom is -0.481 e. The van der Waals surface area contributed by atoms with Gasteiger partial charge in [-0.05, 0) is 74.7 Å². The molecule has 30 heavy (non-hydrogen) atoms. The van der Waals surface area contributed by atoms with Gasteiger partial charge >= 0.3 is 12.1 Å². The van der Waals surface area contributed by atoms with Crippen molar-refractivity contribution in [2.24, 2.45) is 34.5 Å². The van der Waals surface area contributed by atoms with Crippen LogP contribution in [0.3, 0.4) is 0 Å². The van der Waals surface area contributed by atoms with Gasteiger partial charge in [-0.1, -0.05) is 19.4 Å². The normalized spacial score (nSPS) is 44.9. The molecule has 0 spiro atoms. The Labute approximate surface area is 176 Å². The molecule has 2 N–H and O–H groups in total. The van der Waals surface area contributed by atoms with Crippen LogP contribution in [0.1, 0.15) is 65.7 Å². The molecule has 0 radical (unpaired) electrons. The second-order valence-electron chi connectivity index (χ2n) is 10.1. The maximum absolute atomic E-state index is 12.3. The highest BCUT2D eigenvalue weighted by atomic mass is 16.8. The van der Waals surface area contributed by atoms with Crippen LogP contribution in [0.5, 0.6) is 0 Å². The van der Waals surface area contributed by atoms with Gasteiger partial charge in [-0.15, -0.1) is 0 Å². The van der Waals surface area contributed by atoms with E-state index in [-0.39, 0.29) is 29.6 Å². The minimum absolute atomic E-state index is 0.176. The largest absolute Gasteiger partial charge is 0.510 e. The van der Waals surface area contributed by atoms with E-state index in [2.05, 4.69) is 6.92 Å². The Kier molecular flexibility index (Phi) is 5.03. The smallest absolute Gasteiger partial charge is 0.481 e. The van der Waals surface area contributed by atoms with Crippen molar-refractivity contribution in [3.63, 3.8) is 0 Å². The van der Waals surface area contributed by atoms with E-state index in [0.717, 1.165) is 31.3 Å². The molecule has 4 aliphatic rings. The fraction of sp³-hybridized carbons (Fsp3) is 0.783. The molecular formula is C23H32O7. The molecule has 2 unspecified atom stereocenters. The van der Waals surface area contributed by atoms with Crippen LogP contribution in [0.4, 0.5) is 4.79 Å². The lowest BCUT2D eigenvalue weighted by Gasteiger charge is -2.58. The number of allylic oxidation sites excluding steroid dienone is 1. The molecule has 0 heterocycles. The summed E-state index contributed by atoms with van der Waals surface area (Å²) in [7, 11) is 0. The molecule has 3 saturated carbocycles. The molecule has 7 heteroatoms. The van der Waals surface area contributed by atoms with Crippen molar-refractivity contribution < 1.29 is 34.1 Å². The molecule has 7 atom stereocenters. The number of ether oxygens (including phenoxy) is 2. The average Bonchev–Trinajstić information content (AvgIpc) is 2.92. The predicted molar refractivity (Wildman–Crippen MR) is 106 cm³/mol. The molecular weight excluding hydrogens is 388 g/mol. The molecule has 166 valence electrons. The lowest BCUT2D eigenvalue weighted by molar-refractivity contribution is -0.253. The summed E-state index contributed by atoms with van der Waals surface area (Å²) < 4.78 is 10.4. The van der Waals surface area contributed by atoms with E-state index < -0.39 is 29.2 Å². The number of carbonyl (C=O) groups excluding carboxylic acids is 2. The van der Waals surface area contributed by atoms with Crippen molar-refractivity contribution in [1.29, 1.82) is 0 Å². The number of hydrogen-bond acceptors (Lipinski definition) is 6. The van der Waals surface area contributed by atoms with Gasteiger partial charge in [0, 0.05) is 11.8 Å². The first kappa shape index (κ1) is 21.3. The monoisotopic (exact) mass is 420 g/mol. The van der Waals surface area contributed by atoms with E-state index in [4.69, 9.17) is 9.47 Å². The third-order valence-corrected chi connectivity index (χ3v) is 8.91. The summed E-state index contributed by atoms with van der Waals surface area (Å²) in [5.74, 6) is -3.11. The SMILES string of the molecule is CCOC(=O)OC1(O)CC[C@H]2[C@@H]3CCC4=CC(=O)C(C(=O)O)C[C@]4(C)[C@@H]3CC[C@@]21C. The van der Waals surface area contributed by atoms with Gasteiger partial charge in [-0.3, -0.25) is 9.59 Å². The Morgan fingerprint density at radius 1 is 1.17 bits per heavy atom. The van der Waals surface area contributed by atoms with Crippen molar-refractivity contribution in [3.05, 3.63) is 11.6 Å². The Morgan fingerprint density at radius 2 is 1.87 bits per heavy atom. The van der Waals surface area contributed by atoms with Gasteiger partial charge in [0.15, 0.2) is 5.78 Å². The number of carbonyl (C=O) groups is 3. The highest BCUT2D eigenvalue weighted by molar-refractivity contribution is 6.05. The third kappa shape index (κ3) is 2.92. The maximum atomic E-state index is 12.3. The van der Waals surface area contributed by atoms with Crippen LogP contribution >= 0.6 is 0 Å². The van der Waals surface area contributed by atoms with E-state index >= 15 is 0 Å². The van der Waals surface area contributed by atoms with Gasteiger partial charge in [-0.2, -0.15) is 0 Å². The molecule has 4 aliphatic carbocycles. The van der Waals surface area contributed by atoms with Crippen molar-refractivity contribution in [2.75, 3.05) is 6.61 Å². The number of aliphatic carboxylic acids is 1. The summed E-state index contributed by atoms with van der Waals surface area (Å²) in [4.78, 5) is 36.0. The average molecular weight is 421 g/mol. The topological polar surface area (TPSA) is 110 Å². The molecule has 0 saturated heterocycles. The first-order chi connectivity index (χ1) is 14.1. The Bertz CT molecular complexity index is 803. The summed E-state index contributed by atoms with van der Waals surface area (Å²) in [6, 6.07) is 0. The zero-order chi connectivity index (χ0) is 21.9. The first-order valence-corrected chi connectivity index (χ1v) is 11.1. The summed E-state index contributed by atoms with van der Waals surface area (Å²) in [5, 5.41) is 20.9. The number of hydrogen-bond donors (Lipinski definition) is 2. The van der Waals surface area contributed by atoms with E-state index in [0.29, 0.717) is 25.2 Å². The molecule has 0 amide bonds. The summed E-state index contributed by atoms with van der Waals surface area (Å²) in [6.45, 7) is 6.02. The highest BCUT2D eigenvalue weighted by Gasteiger charge is 2.66. The maximum Gasteiger partial charge on any atom is 0.510 e. The van der Waals surface area contributed by atoms with Gasteiger partial charge in [0.25, 0.3) is 0 Å². The van der Waals surface area contributed by atoms with Gasteiger partial charge in [-0.25, -0.2) is 4.79 Å². The van der Waals surface area contributed by atoms with Gasteiger partial charge in [0.2, 0.25) is 5.79 Å². The molecule has 0 aliphatic heterocycles. The Hall–Kier alpha value is -1.89. The number of carboxylic acid groups (broad SMARTS) is 1. The molecule has 0 bridgehead atoms. The van der Waals surface area contributed by atoms with E-state index in [1.807, 2.05) is 6.92 Å². The lowest BCUT2D eigenvalue weighted by Crippen LogP contribution is -2.56. The first-order valence-electron chi connectivity index (χ1n) is 11.1. The van der Waals surface area contributed by atoms with Crippen LogP contribution < -0.4 is 0 Å². The van der Waals surface area contributed by atoms with Gasteiger partial charge in [0.05, 0.1) is 6.61 Å². The number of carboxylic acids is 1. The zero-order valence-corrected chi connectivity index (χ0v) is 18.0. The molecule has 7 nitrogen and oxygen atoms in total. The summed E-state index contributed by atoms with van der Waals surface area (Å²) in [6.07, 6.45) is 5.42. The van der Waals surface area contributed by atoms with Gasteiger partial charge < -0.3 is 19.7 Å². The minimum atomic E-state index is -1.54. The van der Waals surface area contributed by atoms with Crippen LogP contribution in [0.2, 0.25) is 0 Å². The summed E-state index contributed by atoms with van der Waals surface area (Å²) in [5.41, 5.74) is 0.213. The number of aliphatic hydroxyl groups is 1. The van der Waals surface area contributed by atoms with Crippen molar-refractivity contribution >= 4 is 17.9 Å². The molecule has 0 aromatic heterocycles. The number of ketones is 1. The summed E-state index contributed by atoms with van der Waals surface area (Å²) >= 11 is 0. The van der Waals surface area contributed by atoms with E-state index in [1.54, 1.807) is 13.0 Å². The lowest BCUT2D eigenvalue weighted by atomic mass is 9.46.